The Hall–Kier alpha value is -11.0. The summed E-state index contributed by atoms with van der Waals surface area (Å²) < 4.78 is 49.8. The lowest BCUT2D eigenvalue weighted by Gasteiger charge is -2.36. The Morgan fingerprint density at radius 1 is 0.552 bits per heavy atom. The summed E-state index contributed by atoms with van der Waals surface area (Å²) in [5, 5.41) is 40.6. The summed E-state index contributed by atoms with van der Waals surface area (Å²) >= 11 is 5.88. The van der Waals surface area contributed by atoms with Crippen LogP contribution in [0.15, 0.2) is 171 Å². The van der Waals surface area contributed by atoms with E-state index in [1.807, 2.05) is 103 Å². The number of amides is 2. The Morgan fingerprint density at radius 3 is 1.48 bits per heavy atom. The van der Waals surface area contributed by atoms with Crippen LogP contribution in [0.3, 0.4) is 0 Å². The first-order valence-corrected chi connectivity index (χ1v) is 34.1. The number of methoxy groups -OCH3 is 3. The minimum Gasteiger partial charge on any atom is -0.465 e. The highest BCUT2D eigenvalue weighted by Crippen LogP contribution is 2.39. The SMILES string of the molecule is COC(=O)c1ccccc1-n1cc(N)cn1.COC[C@H](C(=O)Nc1cccc2c1CC=C2c1nc(Cl)ncc1F)N1CCN(C)CC1.COC[C@H](C(=O)Nc1cccc2c1CC=C2c1nc(Nc2cnn(-c3ccccc3CO)c2)ncc1F)N1CCN(C)CC1.Nc1cnn(-c2ccccc2CO)c1. The number of aromatic nitrogens is 10. The van der Waals surface area contributed by atoms with Gasteiger partial charge in [-0.25, -0.2) is 47.6 Å². The molecular weight excluding hydrogens is 1370 g/mol. The summed E-state index contributed by atoms with van der Waals surface area (Å²) in [4.78, 5) is 63.4. The topological polar surface area (TPSA) is 325 Å². The number of esters is 1. The van der Waals surface area contributed by atoms with Crippen LogP contribution in [0, 0.1) is 11.6 Å². The maximum atomic E-state index is 15.2. The van der Waals surface area contributed by atoms with E-state index in [1.165, 1.54) is 13.3 Å². The number of carbonyl (C=O) groups excluding carboxylic acids is 3. The number of nitrogens with two attached hydrogens (primary N) is 2. The number of nitrogens with one attached hydrogen (secondary N) is 3. The molecule has 5 aromatic carbocycles. The number of hydrogen-bond acceptors (Lipinski definition) is 22. The second-order valence-electron chi connectivity index (χ2n) is 24.9. The Labute approximate surface area is 610 Å². The fraction of sp³-hybridized carbons (Fsp3) is 0.280. The number of rotatable bonds is 20. The van der Waals surface area contributed by atoms with E-state index in [-0.39, 0.29) is 53.7 Å². The van der Waals surface area contributed by atoms with Gasteiger partial charge in [0.25, 0.3) is 0 Å². The molecular formula is C75H82ClF2N19O8. The van der Waals surface area contributed by atoms with Crippen molar-refractivity contribution in [3.8, 4) is 17.1 Å². The zero-order chi connectivity index (χ0) is 74.1. The van der Waals surface area contributed by atoms with Gasteiger partial charge in [-0.1, -0.05) is 84.9 Å². The molecule has 0 radical (unpaired) electrons. The van der Waals surface area contributed by atoms with Crippen molar-refractivity contribution in [3.63, 3.8) is 0 Å². The van der Waals surface area contributed by atoms with Gasteiger partial charge in [0.2, 0.25) is 23.0 Å². The number of halogens is 3. The number of aliphatic hydroxyl groups is 2. The number of nitrogen functional groups attached to an aromatic ring is 2. The third-order valence-electron chi connectivity index (χ3n) is 18.1. The van der Waals surface area contributed by atoms with Crippen molar-refractivity contribution in [1.82, 2.24) is 68.9 Å². The molecule has 2 saturated heterocycles. The Morgan fingerprint density at radius 2 is 1.00 bits per heavy atom. The van der Waals surface area contributed by atoms with E-state index in [9.17, 15) is 23.9 Å². The predicted octanol–water partition coefficient (Wildman–Crippen LogP) is 7.87. The van der Waals surface area contributed by atoms with E-state index in [0.29, 0.717) is 76.9 Å². The zero-order valence-corrected chi connectivity index (χ0v) is 59.4. The number of hydrogen-bond donors (Lipinski definition) is 7. The molecule has 10 aromatic rings. The average molecular weight is 1450 g/mol. The fourth-order valence-electron chi connectivity index (χ4n) is 12.6. The molecule has 14 rings (SSSR count). The lowest BCUT2D eigenvalue weighted by molar-refractivity contribution is -0.124. The molecule has 105 heavy (non-hydrogen) atoms. The van der Waals surface area contributed by atoms with Crippen molar-refractivity contribution < 1.29 is 47.6 Å². The van der Waals surface area contributed by atoms with E-state index in [1.54, 1.807) is 77.4 Å². The van der Waals surface area contributed by atoms with E-state index in [0.717, 1.165) is 110 Å². The van der Waals surface area contributed by atoms with Gasteiger partial charge in [-0.05, 0) is 97.2 Å². The summed E-state index contributed by atoms with van der Waals surface area (Å²) in [5.41, 5.74) is 23.6. The van der Waals surface area contributed by atoms with Crippen LogP contribution in [0.4, 0.5) is 43.2 Å². The number of ether oxygens (including phenoxy) is 3. The van der Waals surface area contributed by atoms with Crippen molar-refractivity contribution in [3.05, 3.63) is 238 Å². The molecule has 546 valence electrons. The van der Waals surface area contributed by atoms with Crippen molar-refractivity contribution in [2.75, 3.05) is 128 Å². The molecule has 7 heterocycles. The van der Waals surface area contributed by atoms with Crippen LogP contribution in [0.5, 0.6) is 0 Å². The summed E-state index contributed by atoms with van der Waals surface area (Å²) in [6, 6.07) is 32.4. The first-order chi connectivity index (χ1) is 50.9. The van der Waals surface area contributed by atoms with Gasteiger partial charge in [0, 0.05) is 100 Å². The van der Waals surface area contributed by atoms with Crippen molar-refractivity contribution in [1.29, 1.82) is 0 Å². The Kier molecular flexibility index (Phi) is 25.4. The Balaban J connectivity index is 0.000000155. The lowest BCUT2D eigenvalue weighted by Crippen LogP contribution is -2.54. The number of nitrogens with zero attached hydrogens (tertiary/aromatic N) is 14. The smallest absolute Gasteiger partial charge is 0.340 e. The maximum Gasteiger partial charge on any atom is 0.340 e. The summed E-state index contributed by atoms with van der Waals surface area (Å²) in [6.45, 7) is 7.30. The number of aliphatic hydroxyl groups excluding tert-OH is 2. The highest BCUT2D eigenvalue weighted by molar-refractivity contribution is 6.28. The van der Waals surface area contributed by atoms with E-state index in [2.05, 4.69) is 84.9 Å². The number of anilines is 6. The molecule has 0 unspecified atom stereocenters. The number of para-hydroxylation sites is 3. The molecule has 0 saturated carbocycles. The quantitative estimate of drug-likeness (QED) is 0.0282. The van der Waals surface area contributed by atoms with Gasteiger partial charge in [-0.15, -0.1) is 0 Å². The summed E-state index contributed by atoms with van der Waals surface area (Å²) in [7, 11) is 8.71. The molecule has 2 aliphatic heterocycles. The second-order valence-corrected chi connectivity index (χ2v) is 25.3. The summed E-state index contributed by atoms with van der Waals surface area (Å²) in [5.74, 6) is -1.50. The van der Waals surface area contributed by atoms with E-state index >= 15 is 4.39 Å². The standard InChI is InChI=1S/C32H35FN8O3.C22H25ClFN5O2.C11H11N3O2.C10H11N3O/c1-39-12-14-40(15-13-39)29(20-44-2)31(43)37-27-8-5-7-23-24(27)10-11-25(23)30-26(33)17-34-32(38-30)36-22-16-35-41(18-22)28-9-4-3-6-21(28)19-42;1-28-8-10-29(11-9-28)19(13-31-2)21(30)26-18-5-3-4-14-15(18)6-7-16(14)20-17(24)12-25-22(23)27-20;1-16-11(15)9-4-2-3-5-10(9)14-7-8(12)6-13-14;11-9-5-12-13(6-9)10-4-2-1-3-8(10)7-14/h3-9,11,16-18,29,42H,10,12-15,19-20H2,1-2H3,(H,37,43)(H,34,36,38);3-5,7,12,19H,6,8-11,13H2,1-2H3,(H,26,30);2-7H,12H2,1H3;1-6,14H,7,11H2/t29-;19-;;/m11../s1. The van der Waals surface area contributed by atoms with Gasteiger partial charge in [0.15, 0.2) is 11.6 Å². The van der Waals surface area contributed by atoms with Crippen LogP contribution in [0.1, 0.15) is 55.1 Å². The van der Waals surface area contributed by atoms with Crippen LogP contribution in [0.25, 0.3) is 28.2 Å². The normalized spacial score (nSPS) is 14.9. The summed E-state index contributed by atoms with van der Waals surface area (Å²) in [6.07, 6.45) is 16.9. The first kappa shape index (κ1) is 75.2. The molecule has 2 fully saturated rings. The van der Waals surface area contributed by atoms with E-state index in [4.69, 9.17) is 42.4 Å². The van der Waals surface area contributed by atoms with E-state index < -0.39 is 23.6 Å². The molecule has 27 nitrogen and oxygen atoms in total. The van der Waals surface area contributed by atoms with Crippen molar-refractivity contribution >= 4 is 74.9 Å². The van der Waals surface area contributed by atoms with Gasteiger partial charge in [0.1, 0.15) is 23.5 Å². The number of fused-ring (bicyclic) bond motifs is 2. The van der Waals surface area contributed by atoms with Crippen LogP contribution in [0.2, 0.25) is 5.28 Å². The monoisotopic (exact) mass is 1450 g/mol. The van der Waals surface area contributed by atoms with Crippen LogP contribution in [-0.2, 0) is 49.9 Å². The molecule has 4 aliphatic rings. The molecule has 5 aromatic heterocycles. The lowest BCUT2D eigenvalue weighted by atomic mass is 10.0. The molecule has 9 N–H and O–H groups in total. The molecule has 30 heteroatoms. The van der Waals surface area contributed by atoms with Gasteiger partial charge >= 0.3 is 5.97 Å². The van der Waals surface area contributed by atoms with Gasteiger partial charge in [-0.2, -0.15) is 15.3 Å². The zero-order valence-electron chi connectivity index (χ0n) is 58.6. The van der Waals surface area contributed by atoms with Crippen molar-refractivity contribution in [2.45, 2.75) is 38.1 Å². The molecule has 2 aliphatic carbocycles. The maximum absolute atomic E-state index is 15.2. The number of likely N-dealkylation sites (N-methyl/N-ethyl adjacent to an activating group) is 2. The molecule has 0 spiro atoms. The van der Waals surface area contributed by atoms with Gasteiger partial charge in [0.05, 0.1) is 123 Å². The minimum absolute atomic E-state index is 0.00403. The number of allylic oxidation sites excluding steroid dienone is 2. The highest BCUT2D eigenvalue weighted by atomic mass is 35.5. The van der Waals surface area contributed by atoms with Crippen LogP contribution < -0.4 is 27.4 Å². The third-order valence-corrected chi connectivity index (χ3v) is 18.2. The number of piperazine rings is 2. The predicted molar refractivity (Wildman–Crippen MR) is 396 cm³/mol. The minimum atomic E-state index is -0.549. The third kappa shape index (κ3) is 18.3. The van der Waals surface area contributed by atoms with Crippen LogP contribution >= 0.6 is 11.6 Å². The largest absolute Gasteiger partial charge is 0.465 e. The highest BCUT2D eigenvalue weighted by Gasteiger charge is 2.33. The Bertz CT molecular complexity index is 4740. The van der Waals surface area contributed by atoms with Gasteiger partial charge in [-0.3, -0.25) is 19.4 Å². The molecule has 2 amide bonds. The first-order valence-electron chi connectivity index (χ1n) is 33.7. The van der Waals surface area contributed by atoms with Crippen LogP contribution in [-0.4, -0.2) is 210 Å². The number of benzene rings is 5. The molecule has 0 bridgehead atoms. The average Bonchev–Trinajstić information content (AvgIpc) is 1.65. The molecule has 2 atom stereocenters. The fourth-order valence-corrected chi connectivity index (χ4v) is 12.7. The van der Waals surface area contributed by atoms with Gasteiger partial charge < -0.3 is 61.6 Å². The van der Waals surface area contributed by atoms with Crippen molar-refractivity contribution in [2.24, 2.45) is 0 Å². The second kappa shape index (κ2) is 35.5. The number of carbonyl (C=O) groups is 3.